The number of imidazole rings is 1. The molecule has 0 aliphatic heterocycles. The zero-order valence-corrected chi connectivity index (χ0v) is 19.5. The van der Waals surface area contributed by atoms with Crippen molar-refractivity contribution in [3.8, 4) is 11.4 Å². The molecule has 0 saturated carbocycles. The molecule has 166 valence electrons. The largest absolute Gasteiger partial charge is 0.497 e. The van der Waals surface area contributed by atoms with E-state index in [1.165, 1.54) is 23.2 Å². The van der Waals surface area contributed by atoms with E-state index in [1.54, 1.807) is 39.2 Å². The third-order valence-corrected chi connectivity index (χ3v) is 7.77. The van der Waals surface area contributed by atoms with Gasteiger partial charge in [-0.25, -0.2) is 13.4 Å². The van der Waals surface area contributed by atoms with E-state index in [9.17, 15) is 13.2 Å². The zero-order valence-electron chi connectivity index (χ0n) is 17.9. The van der Waals surface area contributed by atoms with Gasteiger partial charge in [-0.1, -0.05) is 25.6 Å². The van der Waals surface area contributed by atoms with Gasteiger partial charge < -0.3 is 9.47 Å². The van der Waals surface area contributed by atoms with Gasteiger partial charge in [0.2, 0.25) is 10.0 Å². The Hall–Kier alpha value is -2.56. The molecule has 10 heteroatoms. The van der Waals surface area contributed by atoms with Gasteiger partial charge >= 0.3 is 5.97 Å². The van der Waals surface area contributed by atoms with Crippen LogP contribution < -0.4 is 4.74 Å². The Balaban J connectivity index is 2.14. The van der Waals surface area contributed by atoms with Crippen LogP contribution in [0.5, 0.6) is 5.75 Å². The van der Waals surface area contributed by atoms with Crippen molar-refractivity contribution in [2.75, 3.05) is 33.1 Å². The lowest BCUT2D eigenvalue weighted by Crippen LogP contribution is -2.30. The van der Waals surface area contributed by atoms with Crippen molar-refractivity contribution in [1.82, 2.24) is 13.9 Å². The van der Waals surface area contributed by atoms with Crippen molar-refractivity contribution in [3.63, 3.8) is 0 Å². The predicted molar refractivity (Wildman–Crippen MR) is 120 cm³/mol. The number of esters is 1. The number of aromatic nitrogens is 2. The highest BCUT2D eigenvalue weighted by molar-refractivity contribution is 7.99. The monoisotopic (exact) mass is 463 g/mol. The Kier molecular flexibility index (Phi) is 7.24. The van der Waals surface area contributed by atoms with E-state index in [-0.39, 0.29) is 16.6 Å². The van der Waals surface area contributed by atoms with E-state index in [4.69, 9.17) is 9.47 Å². The van der Waals surface area contributed by atoms with Gasteiger partial charge in [-0.15, -0.1) is 0 Å². The second-order valence-corrected chi connectivity index (χ2v) is 9.41. The average molecular weight is 464 g/mol. The number of nitrogens with zero attached hydrogens (tertiary/aromatic N) is 3. The molecule has 2 aromatic carbocycles. The van der Waals surface area contributed by atoms with Crippen LogP contribution in [0.3, 0.4) is 0 Å². The topological polar surface area (TPSA) is 90.7 Å². The molecule has 3 aromatic rings. The van der Waals surface area contributed by atoms with Crippen molar-refractivity contribution in [3.05, 3.63) is 42.5 Å². The number of benzene rings is 2. The molecule has 0 aliphatic rings. The Morgan fingerprint density at radius 3 is 2.35 bits per heavy atom. The third kappa shape index (κ3) is 4.70. The number of hydrogen-bond acceptors (Lipinski definition) is 7. The highest BCUT2D eigenvalue weighted by atomic mass is 32.2. The van der Waals surface area contributed by atoms with Gasteiger partial charge in [-0.2, -0.15) is 4.31 Å². The van der Waals surface area contributed by atoms with Crippen molar-refractivity contribution < 1.29 is 22.7 Å². The Labute approximate surface area is 186 Å². The molecule has 0 unspecified atom stereocenters. The van der Waals surface area contributed by atoms with E-state index in [0.29, 0.717) is 29.5 Å². The summed E-state index contributed by atoms with van der Waals surface area (Å²) < 4.78 is 39.1. The van der Waals surface area contributed by atoms with E-state index < -0.39 is 10.0 Å². The molecule has 0 N–H and O–H groups in total. The van der Waals surface area contributed by atoms with E-state index >= 15 is 0 Å². The lowest BCUT2D eigenvalue weighted by Gasteiger charge is -2.18. The molecule has 0 bridgehead atoms. The average Bonchev–Trinajstić information content (AvgIpc) is 3.15. The molecule has 0 radical (unpaired) electrons. The summed E-state index contributed by atoms with van der Waals surface area (Å²) in [6, 6.07) is 12.3. The smallest absolute Gasteiger partial charge is 0.316 e. The Morgan fingerprint density at radius 1 is 1.10 bits per heavy atom. The third-order valence-electron chi connectivity index (χ3n) is 4.82. The van der Waals surface area contributed by atoms with Crippen LogP contribution in [0.25, 0.3) is 16.7 Å². The fourth-order valence-corrected chi connectivity index (χ4v) is 5.51. The lowest BCUT2D eigenvalue weighted by molar-refractivity contribution is -0.137. The number of carbonyl (C=O) groups is 1. The maximum Gasteiger partial charge on any atom is 0.316 e. The first-order valence-electron chi connectivity index (χ1n) is 9.72. The summed E-state index contributed by atoms with van der Waals surface area (Å²) in [7, 11) is -0.686. The number of carbonyl (C=O) groups excluding carboxylic acids is 1. The fraction of sp³-hybridized carbons (Fsp3) is 0.333. The molecule has 3 rings (SSSR count). The maximum atomic E-state index is 12.9. The Morgan fingerprint density at radius 2 is 1.77 bits per heavy atom. The summed E-state index contributed by atoms with van der Waals surface area (Å²) >= 11 is 1.23. The normalized spacial score (nSPS) is 11.8. The number of hydrogen-bond donors (Lipinski definition) is 0. The minimum absolute atomic E-state index is 0.0839. The zero-order chi connectivity index (χ0) is 22.6. The van der Waals surface area contributed by atoms with Gasteiger partial charge in [0.1, 0.15) is 5.75 Å². The molecule has 0 atom stereocenters. The van der Waals surface area contributed by atoms with Gasteiger partial charge in [0.25, 0.3) is 0 Å². The van der Waals surface area contributed by atoms with Crippen LogP contribution >= 0.6 is 11.8 Å². The first-order valence-corrected chi connectivity index (χ1v) is 12.1. The molecular weight excluding hydrogens is 438 g/mol. The summed E-state index contributed by atoms with van der Waals surface area (Å²) in [6.45, 7) is 4.38. The SMILES string of the molecule is CCN(CC)S(=O)(=O)c1ccc2c(c1)nc(SCC(=O)OC)n2-c1ccc(OC)cc1. The van der Waals surface area contributed by atoms with Crippen molar-refractivity contribution in [2.45, 2.75) is 23.9 Å². The second-order valence-electron chi connectivity index (χ2n) is 6.53. The summed E-state index contributed by atoms with van der Waals surface area (Å²) in [5.41, 5.74) is 2.07. The van der Waals surface area contributed by atoms with Crippen molar-refractivity contribution in [2.24, 2.45) is 0 Å². The quantitative estimate of drug-likeness (QED) is 0.355. The highest BCUT2D eigenvalue weighted by Crippen LogP contribution is 2.31. The van der Waals surface area contributed by atoms with E-state index in [1.807, 2.05) is 28.8 Å². The van der Waals surface area contributed by atoms with Gasteiger partial charge in [0.15, 0.2) is 5.16 Å². The molecular formula is C21H25N3O5S2. The molecule has 31 heavy (non-hydrogen) atoms. The summed E-state index contributed by atoms with van der Waals surface area (Å²) in [4.78, 5) is 16.5. The van der Waals surface area contributed by atoms with Crippen molar-refractivity contribution >= 4 is 38.8 Å². The highest BCUT2D eigenvalue weighted by Gasteiger charge is 2.23. The second kappa shape index (κ2) is 9.71. The molecule has 0 saturated heterocycles. The number of sulfonamides is 1. The van der Waals surface area contributed by atoms with Crippen LogP contribution in [0.4, 0.5) is 0 Å². The van der Waals surface area contributed by atoms with Crippen LogP contribution in [0.2, 0.25) is 0 Å². The molecule has 0 fully saturated rings. The number of thioether (sulfide) groups is 1. The molecule has 0 aliphatic carbocycles. The standard InChI is InChI=1S/C21H25N3O5S2/c1-5-23(6-2)31(26,27)17-11-12-19-18(13-17)22-21(30-14-20(25)29-4)24(19)15-7-9-16(28-3)10-8-15/h7-13H,5-6,14H2,1-4H3. The first-order chi connectivity index (χ1) is 14.8. The summed E-state index contributed by atoms with van der Waals surface area (Å²) in [5.74, 6) is 0.424. The van der Waals surface area contributed by atoms with Gasteiger partial charge in [-0.3, -0.25) is 9.36 Å². The fourth-order valence-electron chi connectivity index (χ4n) is 3.17. The van der Waals surface area contributed by atoms with Crippen molar-refractivity contribution in [1.29, 1.82) is 0 Å². The van der Waals surface area contributed by atoms with E-state index in [0.717, 1.165) is 11.2 Å². The first kappa shape index (κ1) is 23.1. The van der Waals surface area contributed by atoms with Crippen LogP contribution in [-0.4, -0.2) is 61.3 Å². The number of ether oxygens (including phenoxy) is 2. The molecule has 1 aromatic heterocycles. The number of fused-ring (bicyclic) bond motifs is 1. The summed E-state index contributed by atoms with van der Waals surface area (Å²) in [6.07, 6.45) is 0. The van der Waals surface area contributed by atoms with Crippen LogP contribution in [0, 0.1) is 0 Å². The minimum Gasteiger partial charge on any atom is -0.497 e. The lowest BCUT2D eigenvalue weighted by atomic mass is 10.2. The Bertz CT molecular complexity index is 1170. The van der Waals surface area contributed by atoms with E-state index in [2.05, 4.69) is 4.98 Å². The number of rotatable bonds is 9. The van der Waals surface area contributed by atoms with Crippen LogP contribution in [0.15, 0.2) is 52.5 Å². The number of methoxy groups -OCH3 is 2. The minimum atomic E-state index is -3.61. The predicted octanol–water partition coefficient (Wildman–Crippen LogP) is 3.33. The molecule has 8 nitrogen and oxygen atoms in total. The summed E-state index contributed by atoms with van der Waals surface area (Å²) in [5, 5.41) is 0.558. The van der Waals surface area contributed by atoms with Gasteiger partial charge in [0, 0.05) is 18.8 Å². The molecule has 1 heterocycles. The van der Waals surface area contributed by atoms with Crippen LogP contribution in [0.1, 0.15) is 13.8 Å². The van der Waals surface area contributed by atoms with Gasteiger partial charge in [-0.05, 0) is 42.5 Å². The van der Waals surface area contributed by atoms with Crippen LogP contribution in [-0.2, 0) is 19.6 Å². The molecule has 0 spiro atoms. The van der Waals surface area contributed by atoms with Gasteiger partial charge in [0.05, 0.1) is 35.9 Å². The molecule has 0 amide bonds. The maximum absolute atomic E-state index is 12.9.